The first-order chi connectivity index (χ1) is 32.8. The van der Waals surface area contributed by atoms with Crippen LogP contribution in [0.3, 0.4) is 0 Å². The predicted octanol–water partition coefficient (Wildman–Crippen LogP) is 17.2. The molecule has 0 unspecified atom stereocenters. The van der Waals surface area contributed by atoms with E-state index < -0.39 is 0 Å². The number of nitrogens with zero attached hydrogens (tertiary/aromatic N) is 4. The number of fused-ring (bicyclic) bond motifs is 16. The summed E-state index contributed by atoms with van der Waals surface area (Å²) in [5.74, 6) is 0. The lowest BCUT2D eigenvalue weighted by molar-refractivity contribution is 1.27. The second-order valence-electron chi connectivity index (χ2n) is 17.7. The summed E-state index contributed by atoms with van der Waals surface area (Å²) in [5, 5.41) is 15.1. The highest BCUT2D eigenvalue weighted by Gasteiger charge is 2.29. The Balaban J connectivity index is 1.15. The number of aromatic nitrogens is 2. The van der Waals surface area contributed by atoms with E-state index in [2.05, 4.69) is 249 Å². The van der Waals surface area contributed by atoms with Crippen LogP contribution in [-0.2, 0) is 0 Å². The molecule has 0 spiro atoms. The number of hydrogen-bond donors (Lipinski definition) is 0. The Morgan fingerprint density at radius 3 is 1.24 bits per heavy atom. The van der Waals surface area contributed by atoms with E-state index in [9.17, 15) is 0 Å². The molecule has 0 amide bonds. The van der Waals surface area contributed by atoms with Gasteiger partial charge in [-0.25, -0.2) is 0 Å². The fraction of sp³-hybridized carbons (Fsp3) is 0. The minimum atomic E-state index is 1.12. The van der Waals surface area contributed by atoms with Gasteiger partial charge >= 0.3 is 0 Å². The van der Waals surface area contributed by atoms with Gasteiger partial charge in [0.25, 0.3) is 0 Å². The van der Waals surface area contributed by atoms with Crippen LogP contribution in [0.25, 0.3) is 97.7 Å². The Kier molecular flexibility index (Phi) is 7.19. The number of rotatable bonds is 6. The summed E-state index contributed by atoms with van der Waals surface area (Å²) in [6, 6.07) is 84.8. The predicted molar refractivity (Wildman–Crippen MR) is 280 cm³/mol. The van der Waals surface area contributed by atoms with Crippen molar-refractivity contribution in [1.82, 2.24) is 8.80 Å². The number of para-hydroxylation sites is 6. The molecule has 0 fully saturated rings. The average molecular weight is 839 g/mol. The third-order valence-corrected chi connectivity index (χ3v) is 14.2. The standard InChI is InChI=1S/C62H38N4/c1-5-21-41(22-6-1)63(42-23-7-2-8-24-42)53-34-18-33-48-47-31-17-32-49-50-37-55-51(38-54(50)65(59(47)49)60(48)53)57-45-29-15-13-19-39(45)35-52-58-46-30-16-14-20-40(46)36-56(62(58)66(55)61(52)57)64(43-25-9-3-10-26-43)44-27-11-4-12-28-44/h1-38H. The van der Waals surface area contributed by atoms with Gasteiger partial charge in [-0.3, -0.25) is 0 Å². The first-order valence-corrected chi connectivity index (χ1v) is 22.8. The minimum Gasteiger partial charge on any atom is -0.308 e. The molecular formula is C62H38N4. The van der Waals surface area contributed by atoms with Gasteiger partial charge < -0.3 is 18.6 Å². The van der Waals surface area contributed by atoms with Crippen LogP contribution in [0.5, 0.6) is 0 Å². The molecule has 4 heteroatoms. The molecule has 4 nitrogen and oxygen atoms in total. The van der Waals surface area contributed by atoms with Crippen LogP contribution in [0.1, 0.15) is 0 Å². The maximum atomic E-state index is 2.62. The van der Waals surface area contributed by atoms with E-state index in [-0.39, 0.29) is 0 Å². The van der Waals surface area contributed by atoms with Gasteiger partial charge in [-0.15, -0.1) is 0 Å². The van der Waals surface area contributed by atoms with Gasteiger partial charge in [0.15, 0.2) is 0 Å². The molecule has 0 aliphatic carbocycles. The topological polar surface area (TPSA) is 15.3 Å². The zero-order valence-electron chi connectivity index (χ0n) is 35.7. The lowest BCUT2D eigenvalue weighted by atomic mass is 9.97. The maximum Gasteiger partial charge on any atom is 0.0789 e. The maximum absolute atomic E-state index is 2.62. The summed E-state index contributed by atoms with van der Waals surface area (Å²) in [5.41, 5.74) is 14.1. The fourth-order valence-electron chi connectivity index (χ4n) is 11.6. The van der Waals surface area contributed by atoms with Gasteiger partial charge in [0.2, 0.25) is 0 Å². The van der Waals surface area contributed by atoms with Gasteiger partial charge in [0, 0.05) is 65.8 Å². The van der Waals surface area contributed by atoms with Crippen molar-refractivity contribution in [1.29, 1.82) is 0 Å². The van der Waals surface area contributed by atoms with Gasteiger partial charge in [0.05, 0.1) is 44.5 Å². The lowest BCUT2D eigenvalue weighted by Gasteiger charge is -2.27. The molecule has 0 bridgehead atoms. The van der Waals surface area contributed by atoms with Crippen LogP contribution >= 0.6 is 0 Å². The third kappa shape index (κ3) is 4.72. The second kappa shape index (κ2) is 13.3. The molecular weight excluding hydrogens is 801 g/mol. The molecule has 66 heavy (non-hydrogen) atoms. The van der Waals surface area contributed by atoms with Crippen LogP contribution in [0.2, 0.25) is 0 Å². The Morgan fingerprint density at radius 2 is 0.652 bits per heavy atom. The molecule has 0 saturated heterocycles. The molecule has 4 heterocycles. The van der Waals surface area contributed by atoms with Crippen LogP contribution in [-0.4, -0.2) is 8.80 Å². The summed E-state index contributed by atoms with van der Waals surface area (Å²) in [7, 11) is 0. The van der Waals surface area contributed by atoms with E-state index in [1.807, 2.05) is 0 Å². The van der Waals surface area contributed by atoms with Crippen molar-refractivity contribution in [3.8, 4) is 0 Å². The highest BCUT2D eigenvalue weighted by molar-refractivity contribution is 6.37. The molecule has 0 atom stereocenters. The van der Waals surface area contributed by atoms with Crippen molar-refractivity contribution in [3.63, 3.8) is 0 Å². The molecule has 0 aliphatic rings. The molecule has 0 aliphatic heterocycles. The highest BCUT2D eigenvalue weighted by atomic mass is 15.2. The molecule has 0 saturated carbocycles. The zero-order valence-corrected chi connectivity index (χ0v) is 35.7. The Bertz CT molecular complexity index is 4300. The van der Waals surface area contributed by atoms with E-state index in [1.54, 1.807) is 0 Å². The SMILES string of the molecule is c1ccc(N(c2ccccc2)c2cccc3c4cccc5c6cc7c(cc6n(c23)c54)c2c3ccccc3cc3c4c5ccccc5cc(N(c5ccccc5)c5ccccc5)c4n7c32)cc1. The first kappa shape index (κ1) is 35.6. The van der Waals surface area contributed by atoms with Crippen molar-refractivity contribution >= 4 is 132 Å². The van der Waals surface area contributed by atoms with E-state index in [0.29, 0.717) is 0 Å². The molecule has 4 aromatic heterocycles. The molecule has 306 valence electrons. The van der Waals surface area contributed by atoms with E-state index in [1.165, 1.54) is 97.7 Å². The van der Waals surface area contributed by atoms with Crippen LogP contribution in [0, 0.1) is 0 Å². The molecule has 15 rings (SSSR count). The summed E-state index contributed by atoms with van der Waals surface area (Å²) in [6.07, 6.45) is 0. The number of anilines is 6. The third-order valence-electron chi connectivity index (χ3n) is 14.2. The Morgan fingerprint density at radius 1 is 0.242 bits per heavy atom. The molecule has 0 radical (unpaired) electrons. The lowest BCUT2D eigenvalue weighted by Crippen LogP contribution is -2.11. The Hall–Kier alpha value is -8.86. The van der Waals surface area contributed by atoms with Crippen LogP contribution in [0.4, 0.5) is 34.1 Å². The van der Waals surface area contributed by atoms with Gasteiger partial charge in [-0.1, -0.05) is 152 Å². The summed E-state index contributed by atoms with van der Waals surface area (Å²) in [6.45, 7) is 0. The quantitative estimate of drug-likeness (QED) is 0.166. The van der Waals surface area contributed by atoms with Gasteiger partial charge in [-0.05, 0) is 100 Å². The van der Waals surface area contributed by atoms with Crippen molar-refractivity contribution in [2.45, 2.75) is 0 Å². The second-order valence-corrected chi connectivity index (χ2v) is 17.7. The smallest absolute Gasteiger partial charge is 0.0789 e. The van der Waals surface area contributed by atoms with E-state index in [0.717, 1.165) is 34.1 Å². The number of benzene rings is 11. The normalized spacial score (nSPS) is 12.2. The van der Waals surface area contributed by atoms with Crippen LogP contribution < -0.4 is 9.80 Å². The largest absolute Gasteiger partial charge is 0.308 e. The summed E-state index contributed by atoms with van der Waals surface area (Å²) >= 11 is 0. The van der Waals surface area contributed by atoms with Crippen molar-refractivity contribution < 1.29 is 0 Å². The van der Waals surface area contributed by atoms with Gasteiger partial charge in [0.1, 0.15) is 0 Å². The highest BCUT2D eigenvalue weighted by Crippen LogP contribution is 2.52. The van der Waals surface area contributed by atoms with Crippen molar-refractivity contribution in [3.05, 3.63) is 231 Å². The van der Waals surface area contributed by atoms with Crippen molar-refractivity contribution in [2.75, 3.05) is 9.80 Å². The monoisotopic (exact) mass is 838 g/mol. The zero-order chi connectivity index (χ0) is 43.0. The van der Waals surface area contributed by atoms with Crippen LogP contribution in [0.15, 0.2) is 231 Å². The Labute approximate surface area is 379 Å². The van der Waals surface area contributed by atoms with E-state index >= 15 is 0 Å². The first-order valence-electron chi connectivity index (χ1n) is 22.8. The average Bonchev–Trinajstić information content (AvgIpc) is 4.11. The minimum absolute atomic E-state index is 1.12. The molecule has 0 N–H and O–H groups in total. The fourth-order valence-corrected chi connectivity index (χ4v) is 11.6. The summed E-state index contributed by atoms with van der Waals surface area (Å²) < 4.78 is 5.19. The molecule has 15 aromatic rings. The molecule has 11 aromatic carbocycles. The van der Waals surface area contributed by atoms with Gasteiger partial charge in [-0.2, -0.15) is 0 Å². The van der Waals surface area contributed by atoms with Crippen molar-refractivity contribution in [2.24, 2.45) is 0 Å². The summed E-state index contributed by atoms with van der Waals surface area (Å²) in [4.78, 5) is 4.87. The van der Waals surface area contributed by atoms with E-state index in [4.69, 9.17) is 0 Å². The number of hydrogen-bond acceptors (Lipinski definition) is 2.